The van der Waals surface area contributed by atoms with Gasteiger partial charge in [0.15, 0.2) is 0 Å². The van der Waals surface area contributed by atoms with Crippen LogP contribution in [0.5, 0.6) is 0 Å². The second-order valence-electron chi connectivity index (χ2n) is 12.0. The number of fused-ring (bicyclic) bond motifs is 1. The van der Waals surface area contributed by atoms with E-state index < -0.39 is 0 Å². The predicted octanol–water partition coefficient (Wildman–Crippen LogP) is 10.5. The molecular weight excluding hydrogens is 618 g/mol. The SMILES string of the molecule is CC.CC(C)C(=O)Nc1cccc(C2CCN(CCCc3c(-c4ccccc4Br)n(-c4ccccc4)c4ccccc34)CC2)c1. The van der Waals surface area contributed by atoms with Gasteiger partial charge in [-0.1, -0.05) is 110 Å². The van der Waals surface area contributed by atoms with Crippen molar-refractivity contribution in [1.29, 1.82) is 0 Å². The minimum absolute atomic E-state index is 0.0212. The van der Waals surface area contributed by atoms with Gasteiger partial charge in [-0.15, -0.1) is 0 Å². The van der Waals surface area contributed by atoms with Crippen molar-refractivity contribution in [3.63, 3.8) is 0 Å². The van der Waals surface area contributed by atoms with Crippen LogP contribution in [0.15, 0.2) is 108 Å². The van der Waals surface area contributed by atoms with E-state index in [1.807, 2.05) is 33.8 Å². The number of benzene rings is 4. The van der Waals surface area contributed by atoms with Gasteiger partial charge in [-0.25, -0.2) is 0 Å². The number of nitrogens with one attached hydrogen (secondary N) is 1. The number of hydrogen-bond acceptors (Lipinski definition) is 2. The molecule has 0 spiro atoms. The lowest BCUT2D eigenvalue weighted by atomic mass is 9.89. The first-order valence-electron chi connectivity index (χ1n) is 16.6. The van der Waals surface area contributed by atoms with Gasteiger partial charge in [0.05, 0.1) is 11.2 Å². The number of anilines is 1. The summed E-state index contributed by atoms with van der Waals surface area (Å²) in [6, 6.07) is 36.6. The Bertz CT molecular complexity index is 1700. The maximum absolute atomic E-state index is 12.2. The van der Waals surface area contributed by atoms with Gasteiger partial charge in [0, 0.05) is 32.7 Å². The standard InChI is InChI=1S/C38H40BrN3O.C2H6/c1-27(2)38(43)40-30-13-10-12-29(26-30)28-21-24-41(25-22-28)23-11-18-33-32-16-7-9-20-36(32)42(31-14-4-3-5-15-31)37(33)34-17-6-8-19-35(34)39;1-2/h3-10,12-17,19-20,26-28H,11,18,21-25H2,1-2H3,(H,40,43);1-2H3. The molecule has 1 aromatic heterocycles. The van der Waals surface area contributed by atoms with Gasteiger partial charge in [-0.3, -0.25) is 4.79 Å². The summed E-state index contributed by atoms with van der Waals surface area (Å²) in [7, 11) is 0. The Morgan fingerprint density at radius 3 is 2.29 bits per heavy atom. The smallest absolute Gasteiger partial charge is 0.226 e. The lowest BCUT2D eigenvalue weighted by molar-refractivity contribution is -0.118. The quantitative estimate of drug-likeness (QED) is 0.170. The van der Waals surface area contributed by atoms with Gasteiger partial charge in [-0.05, 0) is 98.8 Å². The first kappa shape index (κ1) is 32.7. The molecule has 5 heteroatoms. The Morgan fingerprint density at radius 1 is 0.867 bits per heavy atom. The Labute approximate surface area is 277 Å². The van der Waals surface area contributed by atoms with Gasteiger partial charge < -0.3 is 14.8 Å². The summed E-state index contributed by atoms with van der Waals surface area (Å²) in [6.45, 7) is 11.2. The van der Waals surface area contributed by atoms with E-state index in [2.05, 4.69) is 128 Å². The van der Waals surface area contributed by atoms with Gasteiger partial charge >= 0.3 is 0 Å². The summed E-state index contributed by atoms with van der Waals surface area (Å²) in [5.41, 5.74) is 8.62. The van der Waals surface area contributed by atoms with E-state index in [1.54, 1.807) is 0 Å². The zero-order chi connectivity index (χ0) is 31.8. The molecule has 6 rings (SSSR count). The molecule has 4 aromatic carbocycles. The van der Waals surface area contributed by atoms with Crippen molar-refractivity contribution >= 4 is 38.4 Å². The van der Waals surface area contributed by atoms with Crippen molar-refractivity contribution in [3.05, 3.63) is 119 Å². The van der Waals surface area contributed by atoms with E-state index in [-0.39, 0.29) is 11.8 Å². The first-order chi connectivity index (χ1) is 22.0. The number of piperidine rings is 1. The lowest BCUT2D eigenvalue weighted by Gasteiger charge is -2.32. The van der Waals surface area contributed by atoms with Gasteiger partial charge in [0.2, 0.25) is 5.91 Å². The Morgan fingerprint density at radius 2 is 1.56 bits per heavy atom. The second kappa shape index (κ2) is 15.6. The normalized spacial score (nSPS) is 13.9. The minimum Gasteiger partial charge on any atom is -0.326 e. The molecule has 1 amide bonds. The first-order valence-corrected chi connectivity index (χ1v) is 17.3. The van der Waals surface area contributed by atoms with Gasteiger partial charge in [0.25, 0.3) is 0 Å². The van der Waals surface area contributed by atoms with Crippen LogP contribution in [-0.2, 0) is 11.2 Å². The van der Waals surface area contributed by atoms with Gasteiger partial charge in [0.1, 0.15) is 0 Å². The molecule has 0 unspecified atom stereocenters. The molecule has 4 nitrogen and oxygen atoms in total. The second-order valence-corrected chi connectivity index (χ2v) is 12.8. The summed E-state index contributed by atoms with van der Waals surface area (Å²) in [4.78, 5) is 14.8. The molecule has 1 N–H and O–H groups in total. The molecule has 0 atom stereocenters. The summed E-state index contributed by atoms with van der Waals surface area (Å²) >= 11 is 3.87. The van der Waals surface area contributed by atoms with Crippen LogP contribution in [0.1, 0.15) is 64.0 Å². The van der Waals surface area contributed by atoms with Crippen molar-refractivity contribution in [2.75, 3.05) is 25.0 Å². The van der Waals surface area contributed by atoms with Crippen molar-refractivity contribution in [3.8, 4) is 16.9 Å². The highest BCUT2D eigenvalue weighted by Gasteiger charge is 2.23. The van der Waals surface area contributed by atoms with E-state index in [0.29, 0.717) is 5.92 Å². The summed E-state index contributed by atoms with van der Waals surface area (Å²) in [5, 5.41) is 4.40. The van der Waals surface area contributed by atoms with E-state index in [1.165, 1.54) is 39.0 Å². The number of aryl methyl sites for hydroxylation is 1. The third-order valence-corrected chi connectivity index (χ3v) is 9.45. The number of para-hydroxylation sites is 2. The van der Waals surface area contributed by atoms with E-state index in [4.69, 9.17) is 0 Å². The number of halogens is 1. The van der Waals surface area contributed by atoms with Crippen LogP contribution < -0.4 is 5.32 Å². The third-order valence-electron chi connectivity index (χ3n) is 8.76. The maximum Gasteiger partial charge on any atom is 0.226 e. The van der Waals surface area contributed by atoms with Crippen LogP contribution >= 0.6 is 15.9 Å². The summed E-state index contributed by atoms with van der Waals surface area (Å²) in [6.07, 6.45) is 4.43. The number of nitrogens with zero attached hydrogens (tertiary/aromatic N) is 2. The Kier molecular flexibility index (Phi) is 11.3. The zero-order valence-corrected chi connectivity index (χ0v) is 28.7. The fourth-order valence-corrected chi connectivity index (χ4v) is 6.94. The minimum atomic E-state index is -0.0212. The topological polar surface area (TPSA) is 37.3 Å². The van der Waals surface area contributed by atoms with E-state index >= 15 is 0 Å². The van der Waals surface area contributed by atoms with Crippen LogP contribution in [-0.4, -0.2) is 35.0 Å². The Balaban J connectivity index is 0.00000196. The molecule has 0 saturated carbocycles. The van der Waals surface area contributed by atoms with Crippen LogP contribution in [0.2, 0.25) is 0 Å². The number of rotatable bonds is 9. The molecule has 2 heterocycles. The number of carbonyl (C=O) groups is 1. The molecule has 1 fully saturated rings. The van der Waals surface area contributed by atoms with E-state index in [9.17, 15) is 4.79 Å². The maximum atomic E-state index is 12.2. The number of likely N-dealkylation sites (tertiary alicyclic amines) is 1. The average molecular weight is 665 g/mol. The summed E-state index contributed by atoms with van der Waals surface area (Å²) < 4.78 is 3.56. The van der Waals surface area contributed by atoms with E-state index in [0.717, 1.165) is 55.5 Å². The molecule has 0 aliphatic carbocycles. The highest BCUT2D eigenvalue weighted by Crippen LogP contribution is 2.40. The predicted molar refractivity (Wildman–Crippen MR) is 194 cm³/mol. The molecule has 0 bridgehead atoms. The van der Waals surface area contributed by atoms with Crippen molar-refractivity contribution < 1.29 is 4.79 Å². The largest absolute Gasteiger partial charge is 0.326 e. The van der Waals surface area contributed by atoms with Crippen molar-refractivity contribution in [1.82, 2.24) is 9.47 Å². The third kappa shape index (κ3) is 7.59. The molecule has 0 radical (unpaired) electrons. The number of aromatic nitrogens is 1. The highest BCUT2D eigenvalue weighted by atomic mass is 79.9. The summed E-state index contributed by atoms with van der Waals surface area (Å²) in [5.74, 6) is 0.590. The molecule has 45 heavy (non-hydrogen) atoms. The average Bonchev–Trinajstić information content (AvgIpc) is 3.40. The molecular formula is C40H46BrN3O. The van der Waals surface area contributed by atoms with Crippen LogP contribution in [0.3, 0.4) is 0 Å². The van der Waals surface area contributed by atoms with Gasteiger partial charge in [-0.2, -0.15) is 0 Å². The Hall–Kier alpha value is -3.67. The molecule has 234 valence electrons. The number of amides is 1. The molecule has 1 aliphatic heterocycles. The zero-order valence-electron chi connectivity index (χ0n) is 27.1. The molecule has 1 saturated heterocycles. The number of carbonyl (C=O) groups excluding carboxylic acids is 1. The fraction of sp³-hybridized carbons (Fsp3) is 0.325. The van der Waals surface area contributed by atoms with Crippen LogP contribution in [0, 0.1) is 5.92 Å². The highest BCUT2D eigenvalue weighted by molar-refractivity contribution is 9.10. The van der Waals surface area contributed by atoms with Crippen LogP contribution in [0.4, 0.5) is 5.69 Å². The lowest BCUT2D eigenvalue weighted by Crippen LogP contribution is -2.33. The monoisotopic (exact) mass is 663 g/mol. The molecule has 5 aromatic rings. The van der Waals surface area contributed by atoms with Crippen LogP contribution in [0.25, 0.3) is 27.8 Å². The molecule has 1 aliphatic rings. The number of hydrogen-bond donors (Lipinski definition) is 1. The fourth-order valence-electron chi connectivity index (χ4n) is 6.47. The van der Waals surface area contributed by atoms with Crippen molar-refractivity contribution in [2.24, 2.45) is 5.92 Å². The van der Waals surface area contributed by atoms with Crippen molar-refractivity contribution in [2.45, 2.75) is 59.3 Å².